The molecule has 3 N–H and O–H groups in total. The summed E-state index contributed by atoms with van der Waals surface area (Å²) in [6.45, 7) is 1.19. The van der Waals surface area contributed by atoms with Crippen LogP contribution in [0.15, 0.2) is 0 Å². The van der Waals surface area contributed by atoms with E-state index in [1.165, 1.54) is 7.11 Å². The molecule has 1 rings (SSSR count). The molecule has 0 unspecified atom stereocenters. The first-order valence-corrected chi connectivity index (χ1v) is 4.52. The van der Waals surface area contributed by atoms with E-state index < -0.39 is 6.03 Å². The maximum absolute atomic E-state index is 11.1. The summed E-state index contributed by atoms with van der Waals surface area (Å²) in [5.74, 6) is 0. The van der Waals surface area contributed by atoms with Crippen LogP contribution < -0.4 is 11.1 Å². The van der Waals surface area contributed by atoms with Crippen molar-refractivity contribution in [3.05, 3.63) is 0 Å². The third kappa shape index (κ3) is 2.79. The van der Waals surface area contributed by atoms with Gasteiger partial charge in [0.2, 0.25) is 0 Å². The molecule has 80 valence electrons. The minimum atomic E-state index is -0.512. The molecule has 1 aliphatic heterocycles. The summed E-state index contributed by atoms with van der Waals surface area (Å²) < 4.78 is 4.58. The van der Waals surface area contributed by atoms with Gasteiger partial charge in [-0.2, -0.15) is 0 Å². The highest BCUT2D eigenvalue weighted by Gasteiger charge is 2.23. The molecular weight excluding hydrogens is 186 g/mol. The van der Waals surface area contributed by atoms with Crippen molar-refractivity contribution in [2.75, 3.05) is 20.2 Å². The molecule has 1 heterocycles. The Kier molecular flexibility index (Phi) is 3.55. The van der Waals surface area contributed by atoms with Gasteiger partial charge in [-0.25, -0.2) is 9.59 Å². The Bertz CT molecular complexity index is 224. The molecule has 0 radical (unpaired) electrons. The lowest BCUT2D eigenvalue weighted by atomic mass is 10.1. The lowest BCUT2D eigenvalue weighted by Gasteiger charge is -2.30. The molecular formula is C8H15N3O3. The molecule has 0 saturated carbocycles. The van der Waals surface area contributed by atoms with Gasteiger partial charge in [-0.05, 0) is 12.8 Å². The number of hydrogen-bond acceptors (Lipinski definition) is 3. The Morgan fingerprint density at radius 3 is 2.43 bits per heavy atom. The topological polar surface area (TPSA) is 84.7 Å². The Labute approximate surface area is 82.4 Å². The molecule has 0 bridgehead atoms. The van der Waals surface area contributed by atoms with Crippen LogP contribution in [-0.4, -0.2) is 43.3 Å². The molecule has 0 atom stereocenters. The zero-order chi connectivity index (χ0) is 10.6. The number of primary amides is 1. The predicted octanol–water partition coefficient (Wildman–Crippen LogP) is -0.115. The van der Waals surface area contributed by atoms with Gasteiger partial charge in [-0.15, -0.1) is 0 Å². The van der Waals surface area contributed by atoms with Crippen molar-refractivity contribution in [3.63, 3.8) is 0 Å². The number of urea groups is 1. The molecule has 0 aliphatic carbocycles. The second kappa shape index (κ2) is 4.69. The minimum absolute atomic E-state index is 0.0772. The lowest BCUT2D eigenvalue weighted by Crippen LogP contribution is -2.47. The van der Waals surface area contributed by atoms with E-state index in [9.17, 15) is 9.59 Å². The Morgan fingerprint density at radius 1 is 1.43 bits per heavy atom. The number of nitrogens with one attached hydrogen (secondary N) is 1. The standard InChI is InChI=1S/C8H15N3O3/c1-14-8(13)11-4-2-6(3-5-11)10-7(9)12/h6H,2-5H2,1H3,(H3,9,10,12). The number of ether oxygens (including phenoxy) is 1. The first-order valence-electron chi connectivity index (χ1n) is 4.52. The Balaban J connectivity index is 2.31. The van der Waals surface area contributed by atoms with Crippen LogP contribution in [0.1, 0.15) is 12.8 Å². The number of likely N-dealkylation sites (tertiary alicyclic amines) is 1. The quantitative estimate of drug-likeness (QED) is 0.620. The molecule has 0 aromatic carbocycles. The largest absolute Gasteiger partial charge is 0.453 e. The summed E-state index contributed by atoms with van der Waals surface area (Å²) in [6, 6.07) is -0.435. The van der Waals surface area contributed by atoms with Gasteiger partial charge in [0, 0.05) is 19.1 Å². The first kappa shape index (κ1) is 10.6. The van der Waals surface area contributed by atoms with Crippen LogP contribution in [0, 0.1) is 0 Å². The van der Waals surface area contributed by atoms with Crippen molar-refractivity contribution in [1.29, 1.82) is 0 Å². The van der Waals surface area contributed by atoms with Crippen molar-refractivity contribution in [2.24, 2.45) is 5.73 Å². The second-order valence-corrected chi connectivity index (χ2v) is 3.24. The molecule has 3 amide bonds. The number of carbonyl (C=O) groups is 2. The highest BCUT2D eigenvalue weighted by atomic mass is 16.5. The van der Waals surface area contributed by atoms with Gasteiger partial charge in [0.25, 0.3) is 0 Å². The second-order valence-electron chi connectivity index (χ2n) is 3.24. The normalized spacial score (nSPS) is 17.6. The molecule has 1 saturated heterocycles. The fourth-order valence-corrected chi connectivity index (χ4v) is 1.54. The summed E-state index contributed by atoms with van der Waals surface area (Å²) in [7, 11) is 1.36. The van der Waals surface area contributed by atoms with E-state index in [0.29, 0.717) is 13.1 Å². The number of nitrogens with zero attached hydrogens (tertiary/aromatic N) is 1. The fraction of sp³-hybridized carbons (Fsp3) is 0.750. The highest BCUT2D eigenvalue weighted by molar-refractivity contribution is 5.72. The molecule has 0 aromatic heterocycles. The van der Waals surface area contributed by atoms with Crippen LogP contribution >= 0.6 is 0 Å². The van der Waals surface area contributed by atoms with Crippen LogP contribution in [0.3, 0.4) is 0 Å². The molecule has 0 spiro atoms. The highest BCUT2D eigenvalue weighted by Crippen LogP contribution is 2.10. The van der Waals surface area contributed by atoms with E-state index in [-0.39, 0.29) is 12.1 Å². The van der Waals surface area contributed by atoms with Crippen LogP contribution in [0.4, 0.5) is 9.59 Å². The fourth-order valence-electron chi connectivity index (χ4n) is 1.54. The Morgan fingerprint density at radius 2 is 2.00 bits per heavy atom. The van der Waals surface area contributed by atoms with Gasteiger partial charge in [0.1, 0.15) is 0 Å². The number of nitrogens with two attached hydrogens (primary N) is 1. The van der Waals surface area contributed by atoms with Crippen LogP contribution in [-0.2, 0) is 4.74 Å². The Hall–Kier alpha value is -1.46. The lowest BCUT2D eigenvalue weighted by molar-refractivity contribution is 0.110. The summed E-state index contributed by atoms with van der Waals surface area (Å²) in [5.41, 5.74) is 4.99. The van der Waals surface area contributed by atoms with E-state index in [1.54, 1.807) is 4.90 Å². The number of rotatable bonds is 1. The summed E-state index contributed by atoms with van der Waals surface area (Å²) >= 11 is 0. The summed E-state index contributed by atoms with van der Waals surface area (Å²) in [6.07, 6.45) is 1.12. The zero-order valence-corrected chi connectivity index (χ0v) is 8.16. The first-order chi connectivity index (χ1) is 6.63. The van der Waals surface area contributed by atoms with Gasteiger partial charge in [0.15, 0.2) is 0 Å². The van der Waals surface area contributed by atoms with Gasteiger partial charge in [-0.3, -0.25) is 0 Å². The van der Waals surface area contributed by atoms with Crippen molar-refractivity contribution in [2.45, 2.75) is 18.9 Å². The van der Waals surface area contributed by atoms with E-state index in [0.717, 1.165) is 12.8 Å². The monoisotopic (exact) mass is 201 g/mol. The van der Waals surface area contributed by atoms with Crippen molar-refractivity contribution in [1.82, 2.24) is 10.2 Å². The minimum Gasteiger partial charge on any atom is -0.453 e. The maximum atomic E-state index is 11.1. The third-order valence-corrected chi connectivity index (χ3v) is 2.27. The third-order valence-electron chi connectivity index (χ3n) is 2.27. The SMILES string of the molecule is COC(=O)N1CCC(NC(N)=O)CC1. The van der Waals surface area contributed by atoms with Gasteiger partial charge in [-0.1, -0.05) is 0 Å². The van der Waals surface area contributed by atoms with Gasteiger partial charge >= 0.3 is 12.1 Å². The molecule has 6 nitrogen and oxygen atoms in total. The average Bonchev–Trinajstić information content (AvgIpc) is 2.17. The van der Waals surface area contributed by atoms with E-state index >= 15 is 0 Å². The van der Waals surface area contributed by atoms with Crippen LogP contribution in [0.25, 0.3) is 0 Å². The predicted molar refractivity (Wildman–Crippen MR) is 49.7 cm³/mol. The van der Waals surface area contributed by atoms with Gasteiger partial charge in [0.05, 0.1) is 7.11 Å². The summed E-state index contributed by atoms with van der Waals surface area (Å²) in [5, 5.41) is 2.62. The van der Waals surface area contributed by atoms with E-state index in [4.69, 9.17) is 5.73 Å². The maximum Gasteiger partial charge on any atom is 0.409 e. The van der Waals surface area contributed by atoms with E-state index in [1.807, 2.05) is 0 Å². The van der Waals surface area contributed by atoms with Crippen molar-refractivity contribution in [3.8, 4) is 0 Å². The number of methoxy groups -OCH3 is 1. The number of amides is 3. The van der Waals surface area contributed by atoms with E-state index in [2.05, 4.69) is 10.1 Å². The molecule has 14 heavy (non-hydrogen) atoms. The van der Waals surface area contributed by atoms with Gasteiger partial charge < -0.3 is 20.7 Å². The number of carbonyl (C=O) groups excluding carboxylic acids is 2. The molecule has 0 aromatic rings. The van der Waals surface area contributed by atoms with Crippen molar-refractivity contribution >= 4 is 12.1 Å². The average molecular weight is 201 g/mol. The van der Waals surface area contributed by atoms with Crippen molar-refractivity contribution < 1.29 is 14.3 Å². The number of piperidine rings is 1. The summed E-state index contributed by atoms with van der Waals surface area (Å²) in [4.78, 5) is 23.2. The van der Waals surface area contributed by atoms with Crippen LogP contribution in [0.2, 0.25) is 0 Å². The molecule has 6 heteroatoms. The van der Waals surface area contributed by atoms with Crippen LogP contribution in [0.5, 0.6) is 0 Å². The zero-order valence-electron chi connectivity index (χ0n) is 8.16. The molecule has 1 aliphatic rings. The number of hydrogen-bond donors (Lipinski definition) is 2. The molecule has 1 fully saturated rings. The smallest absolute Gasteiger partial charge is 0.409 e.